The van der Waals surface area contributed by atoms with Crippen LogP contribution < -0.4 is 5.32 Å². The summed E-state index contributed by atoms with van der Waals surface area (Å²) in [6, 6.07) is 0. The highest BCUT2D eigenvalue weighted by Gasteiger charge is 2.16. The van der Waals surface area contributed by atoms with Crippen molar-refractivity contribution >= 4 is 11.7 Å². The second-order valence-corrected chi connectivity index (χ2v) is 4.58. The SMILES string of the molecule is CCCCN(CCO)C(=O)c1cnc(NCCC)cn1. The Labute approximate surface area is 120 Å². The van der Waals surface area contributed by atoms with Gasteiger partial charge in [0.2, 0.25) is 0 Å². The van der Waals surface area contributed by atoms with E-state index in [0.29, 0.717) is 24.6 Å². The molecule has 0 fully saturated rings. The van der Waals surface area contributed by atoms with E-state index in [0.717, 1.165) is 25.8 Å². The van der Waals surface area contributed by atoms with Crippen LogP contribution in [0.4, 0.5) is 5.82 Å². The molecule has 6 nitrogen and oxygen atoms in total. The van der Waals surface area contributed by atoms with Crippen molar-refractivity contribution in [1.29, 1.82) is 0 Å². The molecule has 0 unspecified atom stereocenters. The van der Waals surface area contributed by atoms with Crippen LogP contribution in [0.25, 0.3) is 0 Å². The van der Waals surface area contributed by atoms with Gasteiger partial charge in [-0.2, -0.15) is 0 Å². The summed E-state index contributed by atoms with van der Waals surface area (Å²) in [7, 11) is 0. The third-order valence-electron chi connectivity index (χ3n) is 2.87. The smallest absolute Gasteiger partial charge is 0.274 e. The monoisotopic (exact) mass is 280 g/mol. The number of anilines is 1. The van der Waals surface area contributed by atoms with Crippen LogP contribution >= 0.6 is 0 Å². The summed E-state index contributed by atoms with van der Waals surface area (Å²) in [5.41, 5.74) is 0.316. The standard InChI is InChI=1S/C14H24N4O2/c1-3-5-7-18(8-9-19)14(20)12-10-17-13(11-16-12)15-6-4-2/h10-11,19H,3-9H2,1-2H3,(H,15,17). The van der Waals surface area contributed by atoms with Gasteiger partial charge in [0.25, 0.3) is 5.91 Å². The second kappa shape index (κ2) is 9.25. The molecule has 20 heavy (non-hydrogen) atoms. The average molecular weight is 280 g/mol. The third-order valence-corrected chi connectivity index (χ3v) is 2.87. The fraction of sp³-hybridized carbons (Fsp3) is 0.643. The fourth-order valence-corrected chi connectivity index (χ4v) is 1.73. The van der Waals surface area contributed by atoms with Crippen LogP contribution in [0.5, 0.6) is 0 Å². The number of hydrogen-bond acceptors (Lipinski definition) is 5. The minimum atomic E-state index is -0.179. The van der Waals surface area contributed by atoms with E-state index < -0.39 is 0 Å². The van der Waals surface area contributed by atoms with Crippen molar-refractivity contribution in [1.82, 2.24) is 14.9 Å². The Balaban J connectivity index is 2.67. The molecule has 6 heteroatoms. The van der Waals surface area contributed by atoms with Gasteiger partial charge in [0.15, 0.2) is 0 Å². The van der Waals surface area contributed by atoms with Crippen molar-refractivity contribution in [3.63, 3.8) is 0 Å². The molecule has 1 aromatic rings. The highest BCUT2D eigenvalue weighted by molar-refractivity contribution is 5.92. The van der Waals surface area contributed by atoms with Crippen LogP contribution in [0.15, 0.2) is 12.4 Å². The first-order chi connectivity index (χ1) is 9.72. The Kier molecular flexibility index (Phi) is 7.57. The zero-order valence-electron chi connectivity index (χ0n) is 12.3. The minimum absolute atomic E-state index is 0.0426. The Morgan fingerprint density at radius 3 is 2.60 bits per heavy atom. The summed E-state index contributed by atoms with van der Waals surface area (Å²) < 4.78 is 0. The van der Waals surface area contributed by atoms with Crippen LogP contribution in [0, 0.1) is 0 Å². The Morgan fingerprint density at radius 2 is 2.05 bits per heavy atom. The van der Waals surface area contributed by atoms with Gasteiger partial charge >= 0.3 is 0 Å². The number of nitrogens with zero attached hydrogens (tertiary/aromatic N) is 3. The lowest BCUT2D eigenvalue weighted by Gasteiger charge is -2.20. The quantitative estimate of drug-likeness (QED) is 0.717. The molecule has 0 aliphatic heterocycles. The predicted octanol–water partition coefficient (Wildman–Crippen LogP) is 1.53. The number of carbonyl (C=O) groups excluding carboxylic acids is 1. The summed E-state index contributed by atoms with van der Waals surface area (Å²) in [5.74, 6) is 0.493. The topological polar surface area (TPSA) is 78.3 Å². The highest BCUT2D eigenvalue weighted by atomic mass is 16.3. The normalized spacial score (nSPS) is 10.3. The largest absolute Gasteiger partial charge is 0.395 e. The molecule has 1 aromatic heterocycles. The molecule has 0 spiro atoms. The lowest BCUT2D eigenvalue weighted by molar-refractivity contribution is 0.0713. The summed E-state index contributed by atoms with van der Waals surface area (Å²) in [6.45, 7) is 5.88. The summed E-state index contributed by atoms with van der Waals surface area (Å²) in [6.07, 6.45) is 5.97. The zero-order chi connectivity index (χ0) is 14.8. The van der Waals surface area contributed by atoms with Crippen molar-refractivity contribution < 1.29 is 9.90 Å². The van der Waals surface area contributed by atoms with Gasteiger partial charge < -0.3 is 15.3 Å². The molecule has 0 radical (unpaired) electrons. The molecule has 0 aliphatic carbocycles. The van der Waals surface area contributed by atoms with E-state index in [-0.39, 0.29) is 12.5 Å². The second-order valence-electron chi connectivity index (χ2n) is 4.58. The Hall–Kier alpha value is -1.69. The number of aliphatic hydroxyl groups excluding tert-OH is 1. The molecule has 0 saturated carbocycles. The first-order valence-electron chi connectivity index (χ1n) is 7.19. The molecule has 0 aliphatic rings. The summed E-state index contributed by atoms with van der Waals surface area (Å²) in [4.78, 5) is 22.2. The molecule has 2 N–H and O–H groups in total. The fourth-order valence-electron chi connectivity index (χ4n) is 1.73. The number of aliphatic hydroxyl groups is 1. The van der Waals surface area contributed by atoms with E-state index in [4.69, 9.17) is 5.11 Å². The molecule has 0 aromatic carbocycles. The molecule has 1 rings (SSSR count). The lowest BCUT2D eigenvalue weighted by Crippen LogP contribution is -2.35. The van der Waals surface area contributed by atoms with Gasteiger partial charge in [-0.05, 0) is 12.8 Å². The van der Waals surface area contributed by atoms with Crippen LogP contribution in [-0.4, -0.2) is 52.1 Å². The number of unbranched alkanes of at least 4 members (excludes halogenated alkanes) is 1. The first kappa shape index (κ1) is 16.4. The molecule has 1 amide bonds. The van der Waals surface area contributed by atoms with Gasteiger partial charge in [0.05, 0.1) is 19.0 Å². The number of rotatable bonds is 9. The maximum Gasteiger partial charge on any atom is 0.274 e. The van der Waals surface area contributed by atoms with Gasteiger partial charge in [-0.25, -0.2) is 9.97 Å². The third kappa shape index (κ3) is 5.13. The zero-order valence-corrected chi connectivity index (χ0v) is 12.3. The Morgan fingerprint density at radius 1 is 1.25 bits per heavy atom. The minimum Gasteiger partial charge on any atom is -0.395 e. The highest BCUT2D eigenvalue weighted by Crippen LogP contribution is 2.06. The molecule has 112 valence electrons. The van der Waals surface area contributed by atoms with Gasteiger partial charge in [-0.3, -0.25) is 4.79 Å². The maximum absolute atomic E-state index is 12.3. The van der Waals surface area contributed by atoms with Crippen LogP contribution in [0.1, 0.15) is 43.6 Å². The van der Waals surface area contributed by atoms with Crippen molar-refractivity contribution in [2.45, 2.75) is 33.1 Å². The van der Waals surface area contributed by atoms with E-state index in [1.165, 1.54) is 6.20 Å². The van der Waals surface area contributed by atoms with E-state index in [1.807, 2.05) is 0 Å². The number of carbonyl (C=O) groups is 1. The molecule has 0 bridgehead atoms. The number of hydrogen-bond donors (Lipinski definition) is 2. The molecule has 1 heterocycles. The van der Waals surface area contributed by atoms with E-state index in [1.54, 1.807) is 11.1 Å². The first-order valence-corrected chi connectivity index (χ1v) is 7.19. The van der Waals surface area contributed by atoms with Gasteiger partial charge in [-0.15, -0.1) is 0 Å². The van der Waals surface area contributed by atoms with Crippen molar-refractivity contribution in [2.75, 3.05) is 31.6 Å². The van der Waals surface area contributed by atoms with Gasteiger partial charge in [0.1, 0.15) is 11.5 Å². The van der Waals surface area contributed by atoms with Gasteiger partial charge in [0, 0.05) is 19.6 Å². The van der Waals surface area contributed by atoms with Crippen molar-refractivity contribution in [3.8, 4) is 0 Å². The molecular weight excluding hydrogens is 256 g/mol. The van der Waals surface area contributed by atoms with Crippen molar-refractivity contribution in [3.05, 3.63) is 18.1 Å². The van der Waals surface area contributed by atoms with E-state index in [2.05, 4.69) is 29.1 Å². The molecule has 0 saturated heterocycles. The van der Waals surface area contributed by atoms with Crippen LogP contribution in [-0.2, 0) is 0 Å². The van der Waals surface area contributed by atoms with Crippen LogP contribution in [0.3, 0.4) is 0 Å². The Bertz CT molecular complexity index is 395. The van der Waals surface area contributed by atoms with Crippen LogP contribution in [0.2, 0.25) is 0 Å². The number of aromatic nitrogens is 2. The number of nitrogens with one attached hydrogen (secondary N) is 1. The maximum atomic E-state index is 12.3. The molecular formula is C14H24N4O2. The summed E-state index contributed by atoms with van der Waals surface area (Å²) >= 11 is 0. The summed E-state index contributed by atoms with van der Waals surface area (Å²) in [5, 5.41) is 12.1. The lowest BCUT2D eigenvalue weighted by atomic mass is 10.3. The predicted molar refractivity (Wildman–Crippen MR) is 78.7 cm³/mol. The van der Waals surface area contributed by atoms with E-state index in [9.17, 15) is 4.79 Å². The average Bonchev–Trinajstić information content (AvgIpc) is 2.49. The van der Waals surface area contributed by atoms with Crippen molar-refractivity contribution in [2.24, 2.45) is 0 Å². The van der Waals surface area contributed by atoms with E-state index >= 15 is 0 Å². The number of amides is 1. The molecule has 0 atom stereocenters. The van der Waals surface area contributed by atoms with Gasteiger partial charge in [-0.1, -0.05) is 20.3 Å².